The molecule has 10 nitrogen and oxygen atoms in total. The monoisotopic (exact) mass is 458 g/mol. The van der Waals surface area contributed by atoms with E-state index in [1.54, 1.807) is 9.47 Å². The van der Waals surface area contributed by atoms with Crippen LogP contribution in [0.25, 0.3) is 11.2 Å². The minimum absolute atomic E-state index is 0.190. The lowest BCUT2D eigenvalue weighted by molar-refractivity contribution is 0.0275. The highest BCUT2D eigenvalue weighted by Crippen LogP contribution is 2.26. The standard InChI is InChI=1S/C23H34N6O4/c1-5-29-18-17(27-19(29)20(30)26-15-9-7-6-8-10-15)21(25-14-24-18)32-16-11-12-28(13-16)22(31)33-23(2,3)4/h14-16H,5-13H2,1-4H3,(H,26,30)/t16-/m0/s1. The summed E-state index contributed by atoms with van der Waals surface area (Å²) in [6, 6.07) is 0.190. The van der Waals surface area contributed by atoms with Gasteiger partial charge in [0.25, 0.3) is 5.91 Å². The maximum Gasteiger partial charge on any atom is 0.410 e. The third-order valence-corrected chi connectivity index (χ3v) is 6.03. The van der Waals surface area contributed by atoms with Crippen molar-refractivity contribution in [2.75, 3.05) is 13.1 Å². The Morgan fingerprint density at radius 3 is 2.61 bits per heavy atom. The van der Waals surface area contributed by atoms with Crippen LogP contribution in [-0.2, 0) is 11.3 Å². The average Bonchev–Trinajstić information content (AvgIpc) is 3.38. The number of hydrogen-bond acceptors (Lipinski definition) is 7. The topological polar surface area (TPSA) is 111 Å². The Morgan fingerprint density at radius 2 is 1.91 bits per heavy atom. The zero-order chi connectivity index (χ0) is 23.6. The van der Waals surface area contributed by atoms with Crippen molar-refractivity contribution >= 4 is 23.2 Å². The summed E-state index contributed by atoms with van der Waals surface area (Å²) in [5.41, 5.74) is 0.485. The van der Waals surface area contributed by atoms with Gasteiger partial charge in [0.1, 0.15) is 18.0 Å². The van der Waals surface area contributed by atoms with Crippen LogP contribution in [0.5, 0.6) is 5.88 Å². The van der Waals surface area contributed by atoms with Crippen molar-refractivity contribution in [3.05, 3.63) is 12.2 Å². The van der Waals surface area contributed by atoms with E-state index in [1.807, 2.05) is 27.7 Å². The minimum Gasteiger partial charge on any atom is -0.471 e. The van der Waals surface area contributed by atoms with Crippen molar-refractivity contribution in [3.8, 4) is 5.88 Å². The fourth-order valence-corrected chi connectivity index (χ4v) is 4.45. The summed E-state index contributed by atoms with van der Waals surface area (Å²) >= 11 is 0. The molecule has 2 amide bonds. The van der Waals surface area contributed by atoms with E-state index in [4.69, 9.17) is 9.47 Å². The molecule has 2 aromatic rings. The number of nitrogens with one attached hydrogen (secondary N) is 1. The lowest BCUT2D eigenvalue weighted by Crippen LogP contribution is -2.37. The van der Waals surface area contributed by atoms with Gasteiger partial charge in [0.15, 0.2) is 11.2 Å². The molecule has 180 valence electrons. The first-order valence-corrected chi connectivity index (χ1v) is 11.9. The zero-order valence-corrected chi connectivity index (χ0v) is 20.0. The molecule has 2 aliphatic rings. The molecule has 10 heteroatoms. The van der Waals surface area contributed by atoms with Crippen molar-refractivity contribution in [2.45, 2.75) is 90.5 Å². The Hall–Kier alpha value is -2.91. The van der Waals surface area contributed by atoms with E-state index in [1.165, 1.54) is 12.7 Å². The normalized spacial score (nSPS) is 19.6. The van der Waals surface area contributed by atoms with Crippen LogP contribution >= 0.6 is 0 Å². The molecular formula is C23H34N6O4. The number of nitrogens with zero attached hydrogens (tertiary/aromatic N) is 5. The summed E-state index contributed by atoms with van der Waals surface area (Å²) in [6.07, 6.45) is 7.01. The molecule has 0 spiro atoms. The molecule has 3 heterocycles. The van der Waals surface area contributed by atoms with E-state index in [-0.39, 0.29) is 24.1 Å². The van der Waals surface area contributed by atoms with E-state index >= 15 is 0 Å². The van der Waals surface area contributed by atoms with Crippen LogP contribution in [0, 0.1) is 0 Å². The third kappa shape index (κ3) is 5.36. The van der Waals surface area contributed by atoms with Gasteiger partial charge in [-0.1, -0.05) is 19.3 Å². The fraction of sp³-hybridized carbons (Fsp3) is 0.696. The number of carbonyl (C=O) groups is 2. The smallest absolute Gasteiger partial charge is 0.410 e. The van der Waals surface area contributed by atoms with Gasteiger partial charge in [0.2, 0.25) is 11.7 Å². The number of aromatic nitrogens is 4. The first-order valence-electron chi connectivity index (χ1n) is 11.9. The molecule has 1 saturated carbocycles. The Labute approximate surface area is 194 Å². The van der Waals surface area contributed by atoms with Crippen molar-refractivity contribution in [1.29, 1.82) is 0 Å². The molecule has 1 atom stereocenters. The predicted molar refractivity (Wildman–Crippen MR) is 122 cm³/mol. The van der Waals surface area contributed by atoms with E-state index < -0.39 is 5.60 Å². The number of fused-ring (bicyclic) bond motifs is 1. The molecule has 2 fully saturated rings. The fourth-order valence-electron chi connectivity index (χ4n) is 4.45. The second kappa shape index (κ2) is 9.52. The van der Waals surface area contributed by atoms with Gasteiger partial charge in [0.05, 0.1) is 6.54 Å². The Bertz CT molecular complexity index is 1010. The average molecular weight is 459 g/mol. The van der Waals surface area contributed by atoms with E-state index in [9.17, 15) is 9.59 Å². The van der Waals surface area contributed by atoms with Crippen LogP contribution in [0.4, 0.5) is 4.79 Å². The Kier molecular flexibility index (Phi) is 6.71. The second-order valence-corrected chi connectivity index (χ2v) is 9.79. The highest BCUT2D eigenvalue weighted by molar-refractivity contribution is 5.95. The summed E-state index contributed by atoms with van der Waals surface area (Å²) in [5, 5.41) is 3.13. The van der Waals surface area contributed by atoms with Crippen molar-refractivity contribution < 1.29 is 19.1 Å². The van der Waals surface area contributed by atoms with Crippen molar-refractivity contribution in [1.82, 2.24) is 29.7 Å². The van der Waals surface area contributed by atoms with Crippen LogP contribution in [0.3, 0.4) is 0 Å². The van der Waals surface area contributed by atoms with Gasteiger partial charge in [-0.05, 0) is 40.5 Å². The lowest BCUT2D eigenvalue weighted by atomic mass is 9.95. The molecule has 4 rings (SSSR count). The van der Waals surface area contributed by atoms with Gasteiger partial charge < -0.3 is 24.3 Å². The minimum atomic E-state index is -0.545. The van der Waals surface area contributed by atoms with E-state index in [0.717, 1.165) is 25.7 Å². The summed E-state index contributed by atoms with van der Waals surface area (Å²) in [6.45, 7) is 9.00. The number of hydrogen-bond donors (Lipinski definition) is 1. The van der Waals surface area contributed by atoms with Crippen LogP contribution in [-0.4, -0.2) is 67.3 Å². The third-order valence-electron chi connectivity index (χ3n) is 6.03. The number of carbonyl (C=O) groups excluding carboxylic acids is 2. The zero-order valence-electron chi connectivity index (χ0n) is 20.0. The maximum atomic E-state index is 13.0. The van der Waals surface area contributed by atoms with Crippen molar-refractivity contribution in [3.63, 3.8) is 0 Å². The van der Waals surface area contributed by atoms with Gasteiger partial charge in [-0.15, -0.1) is 0 Å². The second-order valence-electron chi connectivity index (χ2n) is 9.79. The molecule has 0 aromatic carbocycles. The summed E-state index contributed by atoms with van der Waals surface area (Å²) in [5.74, 6) is 0.463. The molecule has 33 heavy (non-hydrogen) atoms. The highest BCUT2D eigenvalue weighted by atomic mass is 16.6. The molecule has 1 saturated heterocycles. The first kappa shape index (κ1) is 23.3. The van der Waals surface area contributed by atoms with E-state index in [2.05, 4.69) is 20.3 Å². The van der Waals surface area contributed by atoms with Gasteiger partial charge >= 0.3 is 6.09 Å². The van der Waals surface area contributed by atoms with E-state index in [0.29, 0.717) is 48.9 Å². The molecule has 1 aliphatic carbocycles. The number of ether oxygens (including phenoxy) is 2. The number of aryl methyl sites for hydroxylation is 1. The Balaban J connectivity index is 1.50. The lowest BCUT2D eigenvalue weighted by Gasteiger charge is -2.24. The summed E-state index contributed by atoms with van der Waals surface area (Å²) in [4.78, 5) is 40.3. The van der Waals surface area contributed by atoms with Gasteiger partial charge in [0, 0.05) is 25.6 Å². The van der Waals surface area contributed by atoms with Crippen LogP contribution < -0.4 is 10.1 Å². The number of rotatable bonds is 5. The molecule has 2 aromatic heterocycles. The molecule has 1 N–H and O–H groups in total. The number of imidazole rings is 1. The predicted octanol–water partition coefficient (Wildman–Crippen LogP) is 3.30. The van der Waals surface area contributed by atoms with Gasteiger partial charge in [-0.2, -0.15) is 4.98 Å². The first-order chi connectivity index (χ1) is 15.7. The Morgan fingerprint density at radius 1 is 1.15 bits per heavy atom. The largest absolute Gasteiger partial charge is 0.471 e. The summed E-state index contributed by atoms with van der Waals surface area (Å²) < 4.78 is 13.4. The van der Waals surface area contributed by atoms with Crippen molar-refractivity contribution in [2.24, 2.45) is 0 Å². The summed E-state index contributed by atoms with van der Waals surface area (Å²) in [7, 11) is 0. The van der Waals surface area contributed by atoms with Gasteiger partial charge in [-0.25, -0.2) is 14.8 Å². The molecule has 0 unspecified atom stereocenters. The van der Waals surface area contributed by atoms with Gasteiger partial charge in [-0.3, -0.25) is 4.79 Å². The quantitative estimate of drug-likeness (QED) is 0.732. The number of amides is 2. The van der Waals surface area contributed by atoms with Crippen LogP contribution in [0.1, 0.15) is 76.8 Å². The molecule has 0 radical (unpaired) electrons. The van der Waals surface area contributed by atoms with Crippen LogP contribution in [0.15, 0.2) is 6.33 Å². The highest BCUT2D eigenvalue weighted by Gasteiger charge is 2.32. The SMILES string of the molecule is CCn1c(C(=O)NC2CCCCC2)nc2c(O[C@H]3CCN(C(=O)OC(C)(C)C)C3)ncnc21. The number of likely N-dealkylation sites (tertiary alicyclic amines) is 1. The maximum absolute atomic E-state index is 13.0. The molecule has 0 bridgehead atoms. The van der Waals surface area contributed by atoms with Crippen LogP contribution in [0.2, 0.25) is 0 Å². The molecule has 1 aliphatic heterocycles. The molecular weight excluding hydrogens is 424 g/mol.